The largest absolute Gasteiger partial charge is 0.442 e. The maximum Gasteiger partial charge on any atom is 0.181 e. The van der Waals surface area contributed by atoms with Crippen LogP contribution in [0.25, 0.3) is 39.7 Å². The van der Waals surface area contributed by atoms with Crippen molar-refractivity contribution in [1.82, 2.24) is 14.5 Å². The van der Waals surface area contributed by atoms with E-state index in [1.807, 2.05) is 47.2 Å². The minimum Gasteiger partial charge on any atom is -0.442 e. The second-order valence-corrected chi connectivity index (χ2v) is 10.5. The number of aromatic nitrogens is 3. The fourth-order valence-corrected chi connectivity index (χ4v) is 4.80. The minimum atomic E-state index is -3.33. The van der Waals surface area contributed by atoms with Gasteiger partial charge in [0.25, 0.3) is 0 Å². The Hall–Kier alpha value is -3.39. The van der Waals surface area contributed by atoms with Crippen LogP contribution in [0.15, 0.2) is 94.8 Å². The van der Waals surface area contributed by atoms with Crippen LogP contribution < -0.4 is 0 Å². The maximum absolute atomic E-state index is 12.0. The average molecular weight is 510 g/mol. The topological polar surface area (TPSA) is 78.0 Å². The molecular formula is C25H17Cl2N3O3S. The summed E-state index contributed by atoms with van der Waals surface area (Å²) in [6.45, 7) is 0. The van der Waals surface area contributed by atoms with Gasteiger partial charge in [-0.2, -0.15) is 0 Å². The molecule has 170 valence electrons. The lowest BCUT2D eigenvalue weighted by atomic mass is 10.1. The van der Waals surface area contributed by atoms with Crippen molar-refractivity contribution < 1.29 is 12.8 Å². The van der Waals surface area contributed by atoms with Crippen LogP contribution in [0.1, 0.15) is 0 Å². The van der Waals surface area contributed by atoms with Crippen LogP contribution in [0.4, 0.5) is 0 Å². The van der Waals surface area contributed by atoms with Crippen LogP contribution in [0, 0.1) is 0 Å². The Morgan fingerprint density at radius 1 is 0.912 bits per heavy atom. The number of rotatable bonds is 5. The lowest BCUT2D eigenvalue weighted by Gasteiger charge is -2.12. The van der Waals surface area contributed by atoms with Crippen molar-refractivity contribution in [2.24, 2.45) is 0 Å². The van der Waals surface area contributed by atoms with E-state index in [1.54, 1.807) is 36.5 Å². The highest BCUT2D eigenvalue weighted by Gasteiger charge is 2.19. The first-order chi connectivity index (χ1) is 16.3. The zero-order chi connectivity index (χ0) is 23.9. The summed E-state index contributed by atoms with van der Waals surface area (Å²) in [5, 5.41) is 1.00. The number of benzene rings is 3. The molecule has 0 radical (unpaired) electrons. The molecule has 0 aliphatic carbocycles. The Morgan fingerprint density at radius 2 is 1.71 bits per heavy atom. The maximum atomic E-state index is 12.0. The molecule has 9 heteroatoms. The third kappa shape index (κ3) is 4.25. The number of imidazole rings is 1. The van der Waals surface area contributed by atoms with E-state index < -0.39 is 9.84 Å². The number of halogens is 2. The predicted molar refractivity (Wildman–Crippen MR) is 133 cm³/mol. The highest BCUT2D eigenvalue weighted by molar-refractivity contribution is 7.90. The molecule has 6 nitrogen and oxygen atoms in total. The number of hydrogen-bond acceptors (Lipinski definition) is 5. The van der Waals surface area contributed by atoms with Gasteiger partial charge in [-0.15, -0.1) is 0 Å². The Morgan fingerprint density at radius 3 is 2.41 bits per heavy atom. The SMILES string of the molecule is CS(=O)(=O)c1cccc(-c2ccc(-n3cc(-c4cnco4)nc3-c3ccccc3Cl)c(Cl)c2)c1. The summed E-state index contributed by atoms with van der Waals surface area (Å²) in [7, 11) is -3.33. The van der Waals surface area contributed by atoms with Gasteiger partial charge in [0.2, 0.25) is 0 Å². The third-order valence-electron chi connectivity index (χ3n) is 5.31. The van der Waals surface area contributed by atoms with Crippen LogP contribution in [-0.4, -0.2) is 29.2 Å². The van der Waals surface area contributed by atoms with Gasteiger partial charge < -0.3 is 4.42 Å². The van der Waals surface area contributed by atoms with E-state index >= 15 is 0 Å². The molecule has 0 saturated carbocycles. The lowest BCUT2D eigenvalue weighted by Crippen LogP contribution is -1.99. The molecule has 0 spiro atoms. The number of sulfone groups is 1. The fraction of sp³-hybridized carbons (Fsp3) is 0.0400. The van der Waals surface area contributed by atoms with Gasteiger partial charge >= 0.3 is 0 Å². The van der Waals surface area contributed by atoms with Crippen molar-refractivity contribution in [3.63, 3.8) is 0 Å². The smallest absolute Gasteiger partial charge is 0.181 e. The molecule has 0 aliphatic heterocycles. The first kappa shape index (κ1) is 22.4. The number of nitrogens with zero attached hydrogens (tertiary/aromatic N) is 3. The summed E-state index contributed by atoms with van der Waals surface area (Å²) >= 11 is 13.2. The summed E-state index contributed by atoms with van der Waals surface area (Å²) in [4.78, 5) is 8.96. The number of hydrogen-bond donors (Lipinski definition) is 0. The second-order valence-electron chi connectivity index (χ2n) is 7.63. The Labute approximate surface area is 206 Å². The molecule has 2 heterocycles. The molecule has 3 aromatic carbocycles. The zero-order valence-electron chi connectivity index (χ0n) is 17.8. The molecule has 5 rings (SSSR count). The molecule has 0 aliphatic rings. The molecule has 0 fully saturated rings. The molecule has 0 saturated heterocycles. The van der Waals surface area contributed by atoms with Crippen LogP contribution in [0.5, 0.6) is 0 Å². The van der Waals surface area contributed by atoms with Crippen molar-refractivity contribution in [1.29, 1.82) is 0 Å². The molecule has 0 atom stereocenters. The summed E-state index contributed by atoms with van der Waals surface area (Å²) in [5.74, 6) is 1.10. The summed E-state index contributed by atoms with van der Waals surface area (Å²) in [6.07, 6.45) is 5.92. The molecule has 0 unspecified atom stereocenters. The van der Waals surface area contributed by atoms with Gasteiger partial charge in [0.15, 0.2) is 22.0 Å². The van der Waals surface area contributed by atoms with Crippen molar-refractivity contribution in [3.8, 4) is 39.7 Å². The van der Waals surface area contributed by atoms with Gasteiger partial charge in [-0.05, 0) is 47.5 Å². The standard InChI is InChI=1S/C25H17Cl2N3O3S/c1-34(31,32)18-6-4-5-16(11-18)17-9-10-23(21(27)12-17)30-14-22(24-13-28-15-33-24)29-25(30)19-7-2-3-8-20(19)26/h2-15H,1H3. The van der Waals surface area contributed by atoms with E-state index in [9.17, 15) is 8.42 Å². The molecule has 34 heavy (non-hydrogen) atoms. The quantitative estimate of drug-likeness (QED) is 0.267. The van der Waals surface area contributed by atoms with Crippen LogP contribution in [0.3, 0.4) is 0 Å². The van der Waals surface area contributed by atoms with Gasteiger partial charge in [-0.25, -0.2) is 18.4 Å². The lowest BCUT2D eigenvalue weighted by molar-refractivity contribution is 0.570. The monoisotopic (exact) mass is 509 g/mol. The van der Waals surface area contributed by atoms with Gasteiger partial charge in [0, 0.05) is 18.0 Å². The van der Waals surface area contributed by atoms with Crippen molar-refractivity contribution >= 4 is 33.0 Å². The van der Waals surface area contributed by atoms with Gasteiger partial charge in [0.1, 0.15) is 11.5 Å². The van der Waals surface area contributed by atoms with Crippen LogP contribution in [0.2, 0.25) is 10.0 Å². The van der Waals surface area contributed by atoms with E-state index in [0.717, 1.165) is 16.7 Å². The summed E-state index contributed by atoms with van der Waals surface area (Å²) < 4.78 is 31.2. The Balaban J connectivity index is 1.64. The van der Waals surface area contributed by atoms with E-state index in [2.05, 4.69) is 4.98 Å². The average Bonchev–Trinajstić information content (AvgIpc) is 3.49. The van der Waals surface area contributed by atoms with Gasteiger partial charge in [-0.1, -0.05) is 53.5 Å². The zero-order valence-corrected chi connectivity index (χ0v) is 20.1. The molecule has 2 aromatic heterocycles. The third-order valence-corrected chi connectivity index (χ3v) is 7.05. The van der Waals surface area contributed by atoms with Crippen molar-refractivity contribution in [3.05, 3.63) is 95.6 Å². The van der Waals surface area contributed by atoms with Crippen molar-refractivity contribution in [2.75, 3.05) is 6.26 Å². The summed E-state index contributed by atoms with van der Waals surface area (Å²) in [6, 6.07) is 19.7. The first-order valence-electron chi connectivity index (χ1n) is 10.1. The van der Waals surface area contributed by atoms with E-state index in [1.165, 1.54) is 12.6 Å². The Kier molecular flexibility index (Phi) is 5.77. The molecule has 0 amide bonds. The van der Waals surface area contributed by atoms with Crippen LogP contribution in [-0.2, 0) is 9.84 Å². The molecule has 0 N–H and O–H groups in total. The minimum absolute atomic E-state index is 0.248. The van der Waals surface area contributed by atoms with Crippen molar-refractivity contribution in [2.45, 2.75) is 4.90 Å². The Bertz CT molecular complexity index is 1610. The fourth-order valence-electron chi connectivity index (χ4n) is 3.65. The molecule has 5 aromatic rings. The van der Waals surface area contributed by atoms with E-state index in [-0.39, 0.29) is 4.90 Å². The van der Waals surface area contributed by atoms with Gasteiger partial charge in [0.05, 0.1) is 26.8 Å². The molecule has 0 bridgehead atoms. The number of oxazole rings is 1. The normalized spacial score (nSPS) is 11.6. The molecular weight excluding hydrogens is 493 g/mol. The summed E-state index contributed by atoms with van der Waals surface area (Å²) in [5.41, 5.74) is 3.52. The highest BCUT2D eigenvalue weighted by atomic mass is 35.5. The first-order valence-corrected chi connectivity index (χ1v) is 12.8. The second kappa shape index (κ2) is 8.76. The highest BCUT2D eigenvalue weighted by Crippen LogP contribution is 2.35. The predicted octanol–water partition coefficient (Wildman–Crippen LogP) is 6.57. The van der Waals surface area contributed by atoms with Gasteiger partial charge in [-0.3, -0.25) is 4.57 Å². The van der Waals surface area contributed by atoms with Crippen LogP contribution >= 0.6 is 23.2 Å². The van der Waals surface area contributed by atoms with E-state index in [4.69, 9.17) is 32.6 Å². The van der Waals surface area contributed by atoms with E-state index in [0.29, 0.717) is 33.0 Å².